The predicted octanol–water partition coefficient (Wildman–Crippen LogP) is 2.94. The highest BCUT2D eigenvalue weighted by molar-refractivity contribution is 8.18. The second-order valence-corrected chi connectivity index (χ2v) is 7.39. The van der Waals surface area contributed by atoms with Crippen molar-refractivity contribution in [1.82, 2.24) is 20.0 Å². The van der Waals surface area contributed by atoms with Crippen LogP contribution in [0.25, 0.3) is 12.2 Å². The average molecular weight is 417 g/mol. The highest BCUT2D eigenvalue weighted by Crippen LogP contribution is 2.32. The molecule has 0 unspecified atom stereocenters. The molecule has 2 heterocycles. The van der Waals surface area contributed by atoms with Crippen LogP contribution in [0.3, 0.4) is 0 Å². The maximum Gasteiger partial charge on any atom is 0.293 e. The van der Waals surface area contributed by atoms with Crippen molar-refractivity contribution in [1.29, 1.82) is 0 Å². The van der Waals surface area contributed by atoms with Crippen molar-refractivity contribution in [3.05, 3.63) is 63.8 Å². The van der Waals surface area contributed by atoms with Gasteiger partial charge in [0, 0.05) is 43.0 Å². The molecule has 0 aliphatic carbocycles. The van der Waals surface area contributed by atoms with Gasteiger partial charge < -0.3 is 5.32 Å². The van der Waals surface area contributed by atoms with Crippen molar-refractivity contribution >= 4 is 52.6 Å². The Labute approximate surface area is 171 Å². The number of nitrogens with zero attached hydrogens (tertiary/aromatic N) is 3. The molecule has 0 radical (unpaired) electrons. The highest BCUT2D eigenvalue weighted by atomic mass is 35.5. The van der Waals surface area contributed by atoms with E-state index in [4.69, 9.17) is 11.6 Å². The van der Waals surface area contributed by atoms with Gasteiger partial charge in [0.2, 0.25) is 5.91 Å². The number of imide groups is 1. The minimum atomic E-state index is -0.370. The van der Waals surface area contributed by atoms with Crippen LogP contribution in [0, 0.1) is 0 Å². The minimum Gasteiger partial charge on any atom is -0.351 e. The van der Waals surface area contributed by atoms with Crippen LogP contribution in [-0.4, -0.2) is 44.8 Å². The summed E-state index contributed by atoms with van der Waals surface area (Å²) < 4.78 is 1.63. The fourth-order valence-electron chi connectivity index (χ4n) is 2.45. The first-order valence-electron chi connectivity index (χ1n) is 8.38. The first kappa shape index (κ1) is 19.9. The molecule has 1 aromatic carbocycles. The van der Waals surface area contributed by atoms with E-state index in [-0.39, 0.29) is 30.1 Å². The number of benzene rings is 1. The number of halogens is 1. The van der Waals surface area contributed by atoms with Gasteiger partial charge in [-0.15, -0.1) is 0 Å². The third-order valence-electron chi connectivity index (χ3n) is 3.83. The molecule has 144 valence electrons. The number of thioether (sulfide) groups is 1. The van der Waals surface area contributed by atoms with Crippen LogP contribution in [0.15, 0.2) is 47.6 Å². The Morgan fingerprint density at radius 3 is 2.68 bits per heavy atom. The molecule has 0 bridgehead atoms. The molecule has 1 saturated heterocycles. The van der Waals surface area contributed by atoms with Crippen molar-refractivity contribution in [3.8, 4) is 0 Å². The van der Waals surface area contributed by atoms with Crippen LogP contribution in [0.2, 0.25) is 5.02 Å². The Hall–Kier alpha value is -2.84. The van der Waals surface area contributed by atoms with E-state index < -0.39 is 0 Å². The fourth-order valence-corrected chi connectivity index (χ4v) is 3.44. The van der Waals surface area contributed by atoms with E-state index in [1.54, 1.807) is 60.5 Å². The fraction of sp³-hybridized carbons (Fsp3) is 0.158. The van der Waals surface area contributed by atoms with Crippen molar-refractivity contribution < 1.29 is 14.4 Å². The number of aromatic nitrogens is 2. The Bertz CT molecular complexity index is 966. The second kappa shape index (κ2) is 8.90. The molecule has 1 fully saturated rings. The smallest absolute Gasteiger partial charge is 0.293 e. The summed E-state index contributed by atoms with van der Waals surface area (Å²) in [7, 11) is 1.79. The summed E-state index contributed by atoms with van der Waals surface area (Å²) in [5.41, 5.74) is 1.58. The molecule has 1 aromatic heterocycles. The quantitative estimate of drug-likeness (QED) is 0.732. The van der Waals surface area contributed by atoms with Gasteiger partial charge in [0.15, 0.2) is 0 Å². The molecule has 0 spiro atoms. The summed E-state index contributed by atoms with van der Waals surface area (Å²) in [4.78, 5) is 37.8. The third kappa shape index (κ3) is 5.11. The van der Waals surface area contributed by atoms with Gasteiger partial charge in [0.1, 0.15) is 0 Å². The van der Waals surface area contributed by atoms with E-state index in [9.17, 15) is 14.4 Å². The first-order valence-corrected chi connectivity index (χ1v) is 9.57. The number of aryl methyl sites for hydroxylation is 1. The summed E-state index contributed by atoms with van der Waals surface area (Å²) in [6.07, 6.45) is 8.08. The van der Waals surface area contributed by atoms with Gasteiger partial charge in [0.25, 0.3) is 11.1 Å². The molecule has 0 atom stereocenters. The lowest BCUT2D eigenvalue weighted by molar-refractivity contribution is -0.123. The maximum atomic E-state index is 12.4. The van der Waals surface area contributed by atoms with Gasteiger partial charge in [-0.05, 0) is 41.6 Å². The summed E-state index contributed by atoms with van der Waals surface area (Å²) in [5.74, 6) is -0.683. The van der Waals surface area contributed by atoms with E-state index in [2.05, 4.69) is 10.4 Å². The topological polar surface area (TPSA) is 84.3 Å². The molecule has 1 aliphatic rings. The molecule has 28 heavy (non-hydrogen) atoms. The number of amides is 3. The monoisotopic (exact) mass is 416 g/mol. The summed E-state index contributed by atoms with van der Waals surface area (Å²) in [6, 6.07) is 6.97. The molecule has 1 aliphatic heterocycles. The molecule has 1 N–H and O–H groups in total. The van der Waals surface area contributed by atoms with Crippen LogP contribution in [-0.2, 0) is 16.6 Å². The zero-order valence-electron chi connectivity index (χ0n) is 15.0. The lowest BCUT2D eigenvalue weighted by Crippen LogP contribution is -2.36. The molecule has 3 amide bonds. The summed E-state index contributed by atoms with van der Waals surface area (Å²) in [5, 5.41) is 6.90. The molecule has 0 saturated carbocycles. The maximum absolute atomic E-state index is 12.4. The van der Waals surface area contributed by atoms with E-state index >= 15 is 0 Å². The van der Waals surface area contributed by atoms with Crippen molar-refractivity contribution in [2.45, 2.75) is 0 Å². The number of carbonyl (C=O) groups excluding carboxylic acids is 3. The Morgan fingerprint density at radius 2 is 2.00 bits per heavy atom. The number of nitrogens with one attached hydrogen (secondary N) is 1. The highest BCUT2D eigenvalue weighted by Gasteiger charge is 2.34. The van der Waals surface area contributed by atoms with Gasteiger partial charge in [-0.2, -0.15) is 5.10 Å². The van der Waals surface area contributed by atoms with Crippen LogP contribution in [0.5, 0.6) is 0 Å². The van der Waals surface area contributed by atoms with Crippen LogP contribution < -0.4 is 5.32 Å². The van der Waals surface area contributed by atoms with Gasteiger partial charge in [-0.3, -0.25) is 24.0 Å². The predicted molar refractivity (Wildman–Crippen MR) is 109 cm³/mol. The SMILES string of the molecule is Cn1cc(/C=C/C(=O)NCCN2C(=O)S/C(=C/c3ccc(Cl)cc3)C2=O)cn1. The van der Waals surface area contributed by atoms with Crippen LogP contribution in [0.4, 0.5) is 4.79 Å². The molecule has 2 aromatic rings. The second-order valence-electron chi connectivity index (χ2n) is 5.96. The molecule has 9 heteroatoms. The normalized spacial score (nSPS) is 15.8. The number of hydrogen-bond donors (Lipinski definition) is 1. The summed E-state index contributed by atoms with van der Waals surface area (Å²) >= 11 is 6.72. The van der Waals surface area contributed by atoms with Gasteiger partial charge in [-0.25, -0.2) is 0 Å². The van der Waals surface area contributed by atoms with Crippen LogP contribution >= 0.6 is 23.4 Å². The Morgan fingerprint density at radius 1 is 1.25 bits per heavy atom. The average Bonchev–Trinajstić information content (AvgIpc) is 3.19. The first-order chi connectivity index (χ1) is 13.4. The van der Waals surface area contributed by atoms with Gasteiger partial charge in [0.05, 0.1) is 11.1 Å². The molecular weight excluding hydrogens is 400 g/mol. The molecule has 3 rings (SSSR count). The van der Waals surface area contributed by atoms with E-state index in [1.165, 1.54) is 6.08 Å². The largest absolute Gasteiger partial charge is 0.351 e. The summed E-state index contributed by atoms with van der Waals surface area (Å²) in [6.45, 7) is 0.275. The van der Waals surface area contributed by atoms with Gasteiger partial charge >= 0.3 is 0 Å². The van der Waals surface area contributed by atoms with E-state index in [1.807, 2.05) is 0 Å². The zero-order chi connectivity index (χ0) is 20.1. The number of hydrogen-bond acceptors (Lipinski definition) is 5. The van der Waals surface area contributed by atoms with Crippen molar-refractivity contribution in [2.24, 2.45) is 7.05 Å². The Kier molecular flexibility index (Phi) is 6.33. The lowest BCUT2D eigenvalue weighted by Gasteiger charge is -2.12. The molecule has 7 nitrogen and oxygen atoms in total. The molecular formula is C19H17ClN4O3S. The zero-order valence-corrected chi connectivity index (χ0v) is 16.5. The van der Waals surface area contributed by atoms with E-state index in [0.717, 1.165) is 27.8 Å². The van der Waals surface area contributed by atoms with E-state index in [0.29, 0.717) is 9.93 Å². The van der Waals surface area contributed by atoms with Crippen LogP contribution in [0.1, 0.15) is 11.1 Å². The minimum absolute atomic E-state index is 0.106. The van der Waals surface area contributed by atoms with Crippen molar-refractivity contribution in [3.63, 3.8) is 0 Å². The lowest BCUT2D eigenvalue weighted by atomic mass is 10.2. The number of rotatable bonds is 6. The van der Waals surface area contributed by atoms with Gasteiger partial charge in [-0.1, -0.05) is 23.7 Å². The Balaban J connectivity index is 1.52. The third-order valence-corrected chi connectivity index (χ3v) is 4.99. The number of carbonyl (C=O) groups is 3. The van der Waals surface area contributed by atoms with Crippen molar-refractivity contribution in [2.75, 3.05) is 13.1 Å². The standard InChI is InChI=1S/C19H17ClN4O3S/c1-23-12-14(11-22-23)4-7-17(25)21-8-9-24-18(26)16(28-19(24)27)10-13-2-5-15(20)6-3-13/h2-7,10-12H,8-9H2,1H3,(H,21,25)/b7-4+,16-10+.